The molecule has 0 aromatic heterocycles. The van der Waals surface area contributed by atoms with E-state index in [2.05, 4.69) is 0 Å². The van der Waals surface area contributed by atoms with Crippen LogP contribution in [0.5, 0.6) is 0 Å². The first-order valence-corrected chi connectivity index (χ1v) is 10.6. The first kappa shape index (κ1) is 19.9. The van der Waals surface area contributed by atoms with Crippen molar-refractivity contribution in [2.24, 2.45) is 0 Å². The molecule has 0 amide bonds. The summed E-state index contributed by atoms with van der Waals surface area (Å²) in [4.78, 5) is 0. The maximum atomic E-state index is 6.13. The Labute approximate surface area is 170 Å². The van der Waals surface area contributed by atoms with Crippen LogP contribution in [0.15, 0.2) is 48.5 Å². The number of rotatable bonds is 6. The second-order valence-electron chi connectivity index (χ2n) is 4.75. The van der Waals surface area contributed by atoms with Gasteiger partial charge in [-0.15, -0.1) is 23.5 Å². The Morgan fingerprint density at radius 1 is 0.696 bits per heavy atom. The predicted molar refractivity (Wildman–Crippen MR) is 110 cm³/mol. The highest BCUT2D eigenvalue weighted by Crippen LogP contribution is 2.45. The molecule has 0 radical (unpaired) electrons. The van der Waals surface area contributed by atoms with Crippen LogP contribution in [0.2, 0.25) is 10.0 Å². The molecular weight excluding hydrogens is 434 g/mol. The van der Waals surface area contributed by atoms with Crippen LogP contribution in [0.1, 0.15) is 11.1 Å². The molecule has 0 unspecified atom stereocenters. The van der Waals surface area contributed by atoms with Crippen molar-refractivity contribution in [1.29, 1.82) is 0 Å². The van der Waals surface area contributed by atoms with Gasteiger partial charge in [-0.1, -0.05) is 82.3 Å². The standard InChI is InChI=1S/C16H13Cl5S2/c17-13-5-1-11(2-6-13)9-22-15(16(19,20)21)23-10-12-3-7-14(18)8-4-12/h1-8,15H,9-10H2. The van der Waals surface area contributed by atoms with Gasteiger partial charge in [0.25, 0.3) is 0 Å². The molecule has 0 heterocycles. The van der Waals surface area contributed by atoms with Gasteiger partial charge in [-0.2, -0.15) is 0 Å². The molecule has 23 heavy (non-hydrogen) atoms. The molecule has 0 aliphatic rings. The highest BCUT2D eigenvalue weighted by molar-refractivity contribution is 8.16. The van der Waals surface area contributed by atoms with Crippen molar-refractivity contribution in [3.05, 3.63) is 69.7 Å². The molecule has 0 spiro atoms. The quantitative estimate of drug-likeness (QED) is 0.327. The second kappa shape index (κ2) is 9.33. The Morgan fingerprint density at radius 2 is 1.04 bits per heavy atom. The summed E-state index contributed by atoms with van der Waals surface area (Å²) in [7, 11) is 0. The Bertz CT molecular complexity index is 558. The average molecular weight is 447 g/mol. The van der Waals surface area contributed by atoms with E-state index in [4.69, 9.17) is 58.0 Å². The van der Waals surface area contributed by atoms with Crippen LogP contribution in [-0.2, 0) is 11.5 Å². The van der Waals surface area contributed by atoms with Gasteiger partial charge < -0.3 is 0 Å². The van der Waals surface area contributed by atoms with Crippen LogP contribution < -0.4 is 0 Å². The lowest BCUT2D eigenvalue weighted by atomic mass is 10.2. The summed E-state index contributed by atoms with van der Waals surface area (Å²) < 4.78 is -1.52. The summed E-state index contributed by atoms with van der Waals surface area (Å²) in [6, 6.07) is 15.4. The summed E-state index contributed by atoms with van der Waals surface area (Å²) in [6.45, 7) is 0. The smallest absolute Gasteiger partial charge is 0.138 e. The van der Waals surface area contributed by atoms with E-state index in [1.807, 2.05) is 48.5 Å². The summed E-state index contributed by atoms with van der Waals surface area (Å²) in [5.74, 6) is 1.51. The van der Waals surface area contributed by atoms with Gasteiger partial charge in [0, 0.05) is 21.6 Å². The lowest BCUT2D eigenvalue weighted by molar-refractivity contribution is 1.20. The van der Waals surface area contributed by atoms with Crippen molar-refractivity contribution in [2.75, 3.05) is 0 Å². The molecule has 0 saturated heterocycles. The maximum Gasteiger partial charge on any atom is 0.211 e. The van der Waals surface area contributed by atoms with E-state index in [0.29, 0.717) is 10.0 Å². The van der Waals surface area contributed by atoms with E-state index >= 15 is 0 Å². The largest absolute Gasteiger partial charge is 0.211 e. The molecule has 2 aromatic carbocycles. The van der Waals surface area contributed by atoms with Gasteiger partial charge in [-0.3, -0.25) is 0 Å². The molecule has 0 fully saturated rings. The zero-order valence-corrected chi connectivity index (χ0v) is 17.2. The second-order valence-corrected chi connectivity index (χ2v) is 10.5. The topological polar surface area (TPSA) is 0 Å². The maximum absolute atomic E-state index is 6.13. The Kier molecular flexibility index (Phi) is 8.08. The third-order valence-corrected chi connectivity index (χ3v) is 7.96. The van der Waals surface area contributed by atoms with E-state index in [-0.39, 0.29) is 4.58 Å². The molecule has 0 saturated carbocycles. The first-order valence-electron chi connectivity index (χ1n) is 6.63. The van der Waals surface area contributed by atoms with Crippen molar-refractivity contribution in [3.8, 4) is 0 Å². The normalized spacial score (nSPS) is 11.9. The fraction of sp³-hybridized carbons (Fsp3) is 0.250. The van der Waals surface area contributed by atoms with Crippen LogP contribution in [0.3, 0.4) is 0 Å². The van der Waals surface area contributed by atoms with Gasteiger partial charge in [-0.05, 0) is 35.4 Å². The van der Waals surface area contributed by atoms with Gasteiger partial charge in [0.2, 0.25) is 3.79 Å². The predicted octanol–water partition coefficient (Wildman–Crippen LogP) is 7.86. The third-order valence-electron chi connectivity index (χ3n) is 2.90. The Balaban J connectivity index is 1.94. The highest BCUT2D eigenvalue weighted by atomic mass is 35.6. The zero-order chi connectivity index (χ0) is 16.9. The third kappa shape index (κ3) is 7.15. The van der Waals surface area contributed by atoms with Crippen molar-refractivity contribution in [1.82, 2.24) is 0 Å². The number of hydrogen-bond acceptors (Lipinski definition) is 2. The van der Waals surface area contributed by atoms with E-state index in [0.717, 1.165) is 22.6 Å². The number of hydrogen-bond donors (Lipinski definition) is 0. The van der Waals surface area contributed by atoms with Crippen LogP contribution in [0.4, 0.5) is 0 Å². The number of halogens is 5. The lowest BCUT2D eigenvalue weighted by Crippen LogP contribution is -2.19. The number of benzene rings is 2. The van der Waals surface area contributed by atoms with Gasteiger partial charge in [-0.25, -0.2) is 0 Å². The van der Waals surface area contributed by atoms with E-state index in [9.17, 15) is 0 Å². The van der Waals surface area contributed by atoms with Crippen LogP contribution >= 0.6 is 81.5 Å². The van der Waals surface area contributed by atoms with Crippen LogP contribution in [0.25, 0.3) is 0 Å². The minimum Gasteiger partial charge on any atom is -0.138 e. The molecule has 2 rings (SSSR count). The zero-order valence-electron chi connectivity index (χ0n) is 11.8. The number of alkyl halides is 3. The Hall–Kier alpha value is 0.590. The fourth-order valence-electron chi connectivity index (χ4n) is 1.74. The molecule has 7 heteroatoms. The van der Waals surface area contributed by atoms with E-state index in [1.165, 1.54) is 0 Å². The van der Waals surface area contributed by atoms with Gasteiger partial charge in [0.1, 0.15) is 0 Å². The van der Waals surface area contributed by atoms with Gasteiger partial charge >= 0.3 is 0 Å². The van der Waals surface area contributed by atoms with Crippen molar-refractivity contribution < 1.29 is 0 Å². The van der Waals surface area contributed by atoms with E-state index in [1.54, 1.807) is 23.5 Å². The molecule has 0 aliphatic heterocycles. The van der Waals surface area contributed by atoms with E-state index < -0.39 is 3.79 Å². The fourth-order valence-corrected chi connectivity index (χ4v) is 5.37. The van der Waals surface area contributed by atoms with Crippen LogP contribution in [-0.4, -0.2) is 8.37 Å². The molecule has 2 aromatic rings. The molecule has 0 nitrogen and oxygen atoms in total. The molecule has 124 valence electrons. The molecule has 0 N–H and O–H groups in total. The van der Waals surface area contributed by atoms with Crippen molar-refractivity contribution >= 4 is 81.5 Å². The van der Waals surface area contributed by atoms with Crippen molar-refractivity contribution in [3.63, 3.8) is 0 Å². The van der Waals surface area contributed by atoms with Crippen LogP contribution in [0, 0.1) is 0 Å². The summed E-state index contributed by atoms with van der Waals surface area (Å²) in [6.07, 6.45) is 0. The highest BCUT2D eigenvalue weighted by Gasteiger charge is 2.33. The van der Waals surface area contributed by atoms with Gasteiger partial charge in [0.15, 0.2) is 0 Å². The Morgan fingerprint density at radius 3 is 1.35 bits per heavy atom. The minimum absolute atomic E-state index is 0.182. The van der Waals surface area contributed by atoms with Gasteiger partial charge in [0.05, 0.1) is 4.58 Å². The molecule has 0 atom stereocenters. The number of thioether (sulfide) groups is 2. The minimum atomic E-state index is -1.34. The SMILES string of the molecule is Clc1ccc(CSC(SCc2ccc(Cl)cc2)C(Cl)(Cl)Cl)cc1. The van der Waals surface area contributed by atoms with Crippen molar-refractivity contribution in [2.45, 2.75) is 19.9 Å². The summed E-state index contributed by atoms with van der Waals surface area (Å²) in [5, 5.41) is 1.43. The molecule has 0 bridgehead atoms. The molecular formula is C16H13Cl5S2. The summed E-state index contributed by atoms with van der Waals surface area (Å²) >= 11 is 33.4. The average Bonchev–Trinajstić information content (AvgIpc) is 2.49. The summed E-state index contributed by atoms with van der Waals surface area (Å²) in [5.41, 5.74) is 2.29. The monoisotopic (exact) mass is 444 g/mol. The lowest BCUT2D eigenvalue weighted by Gasteiger charge is -2.23. The molecule has 0 aliphatic carbocycles. The first-order chi connectivity index (χ1) is 10.8.